The van der Waals surface area contributed by atoms with Crippen LogP contribution < -0.4 is 10.1 Å². The number of aromatic nitrogens is 2. The molecule has 1 aromatic carbocycles. The van der Waals surface area contributed by atoms with E-state index in [0.717, 1.165) is 24.3 Å². The molecule has 1 heterocycles. The Labute approximate surface area is 107 Å². The van der Waals surface area contributed by atoms with Crippen molar-refractivity contribution in [1.82, 2.24) is 15.3 Å². The predicted octanol–water partition coefficient (Wildman–Crippen LogP) is 2.17. The summed E-state index contributed by atoms with van der Waals surface area (Å²) in [6, 6.07) is 10.0. The summed E-state index contributed by atoms with van der Waals surface area (Å²) < 4.78 is 5.56. The normalized spacial score (nSPS) is 10.3. The van der Waals surface area contributed by atoms with Gasteiger partial charge in [0.1, 0.15) is 6.61 Å². The quantitative estimate of drug-likeness (QED) is 0.844. The SMILES string of the molecule is CCNCc1cnc(OCc2ccccc2)cn1. The van der Waals surface area contributed by atoms with E-state index in [1.165, 1.54) is 0 Å². The van der Waals surface area contributed by atoms with Gasteiger partial charge >= 0.3 is 0 Å². The molecule has 0 radical (unpaired) electrons. The zero-order chi connectivity index (χ0) is 12.6. The largest absolute Gasteiger partial charge is 0.472 e. The van der Waals surface area contributed by atoms with Crippen molar-refractivity contribution in [1.29, 1.82) is 0 Å². The molecule has 0 amide bonds. The first-order valence-corrected chi connectivity index (χ1v) is 6.07. The lowest BCUT2D eigenvalue weighted by atomic mass is 10.2. The molecule has 4 heteroatoms. The van der Waals surface area contributed by atoms with E-state index >= 15 is 0 Å². The third kappa shape index (κ3) is 3.82. The van der Waals surface area contributed by atoms with Crippen LogP contribution in [0, 0.1) is 0 Å². The fourth-order valence-corrected chi connectivity index (χ4v) is 1.49. The Bertz CT molecular complexity index is 456. The van der Waals surface area contributed by atoms with E-state index in [1.807, 2.05) is 30.3 Å². The lowest BCUT2D eigenvalue weighted by Gasteiger charge is -2.05. The van der Waals surface area contributed by atoms with Gasteiger partial charge < -0.3 is 10.1 Å². The average Bonchev–Trinajstić information content (AvgIpc) is 2.45. The second kappa shape index (κ2) is 6.71. The molecule has 94 valence electrons. The molecule has 2 aromatic rings. The van der Waals surface area contributed by atoms with Crippen LogP contribution in [0.15, 0.2) is 42.7 Å². The van der Waals surface area contributed by atoms with E-state index in [2.05, 4.69) is 22.2 Å². The van der Waals surface area contributed by atoms with Crippen molar-refractivity contribution in [3.63, 3.8) is 0 Å². The van der Waals surface area contributed by atoms with Gasteiger partial charge in [-0.3, -0.25) is 4.98 Å². The Morgan fingerprint density at radius 2 is 1.94 bits per heavy atom. The van der Waals surface area contributed by atoms with Gasteiger partial charge in [-0.15, -0.1) is 0 Å². The molecular formula is C14H17N3O. The van der Waals surface area contributed by atoms with Gasteiger partial charge in [0.05, 0.1) is 18.1 Å². The van der Waals surface area contributed by atoms with Crippen LogP contribution in [0.3, 0.4) is 0 Å². The molecule has 0 atom stereocenters. The van der Waals surface area contributed by atoms with Crippen LogP contribution in [0.1, 0.15) is 18.2 Å². The predicted molar refractivity (Wildman–Crippen MR) is 70.2 cm³/mol. The molecule has 1 N–H and O–H groups in total. The van der Waals surface area contributed by atoms with Crippen molar-refractivity contribution in [2.24, 2.45) is 0 Å². The minimum Gasteiger partial charge on any atom is -0.472 e. The third-order valence-electron chi connectivity index (χ3n) is 2.47. The number of nitrogens with one attached hydrogen (secondary N) is 1. The zero-order valence-corrected chi connectivity index (χ0v) is 10.5. The number of ether oxygens (including phenoxy) is 1. The molecule has 4 nitrogen and oxygen atoms in total. The molecule has 0 saturated heterocycles. The number of rotatable bonds is 6. The molecule has 0 bridgehead atoms. The van der Waals surface area contributed by atoms with Crippen LogP contribution in [-0.2, 0) is 13.2 Å². The molecule has 0 fully saturated rings. The van der Waals surface area contributed by atoms with Gasteiger partial charge in [0.2, 0.25) is 5.88 Å². The topological polar surface area (TPSA) is 47.0 Å². The Hall–Kier alpha value is -1.94. The van der Waals surface area contributed by atoms with Gasteiger partial charge in [-0.1, -0.05) is 37.3 Å². The Morgan fingerprint density at radius 1 is 1.11 bits per heavy atom. The first-order valence-electron chi connectivity index (χ1n) is 6.07. The molecule has 18 heavy (non-hydrogen) atoms. The number of hydrogen-bond acceptors (Lipinski definition) is 4. The van der Waals surface area contributed by atoms with Gasteiger partial charge in [-0.05, 0) is 12.1 Å². The highest BCUT2D eigenvalue weighted by molar-refractivity contribution is 5.15. The maximum absolute atomic E-state index is 5.56. The minimum atomic E-state index is 0.516. The Morgan fingerprint density at radius 3 is 2.61 bits per heavy atom. The van der Waals surface area contributed by atoms with Gasteiger partial charge in [0.25, 0.3) is 0 Å². The lowest BCUT2D eigenvalue weighted by Crippen LogP contribution is -2.13. The fourth-order valence-electron chi connectivity index (χ4n) is 1.49. The van der Waals surface area contributed by atoms with E-state index in [4.69, 9.17) is 4.74 Å². The smallest absolute Gasteiger partial charge is 0.232 e. The molecule has 0 aliphatic carbocycles. The minimum absolute atomic E-state index is 0.516. The van der Waals surface area contributed by atoms with Crippen molar-refractivity contribution < 1.29 is 4.74 Å². The highest BCUT2D eigenvalue weighted by Crippen LogP contribution is 2.07. The summed E-state index contributed by atoms with van der Waals surface area (Å²) in [5, 5.41) is 3.20. The number of nitrogens with zero attached hydrogens (tertiary/aromatic N) is 2. The molecule has 1 aromatic heterocycles. The molecule has 0 spiro atoms. The van der Waals surface area contributed by atoms with Crippen molar-refractivity contribution in [2.75, 3.05) is 6.54 Å². The zero-order valence-electron chi connectivity index (χ0n) is 10.5. The van der Waals surface area contributed by atoms with Crippen molar-refractivity contribution in [3.05, 3.63) is 54.0 Å². The van der Waals surface area contributed by atoms with E-state index in [0.29, 0.717) is 12.5 Å². The standard InChI is InChI=1S/C14H17N3O/c1-2-15-8-13-9-17-14(10-16-13)18-11-12-6-4-3-5-7-12/h3-7,9-10,15H,2,8,11H2,1H3. The Balaban J connectivity index is 1.86. The van der Waals surface area contributed by atoms with Gasteiger partial charge in [-0.25, -0.2) is 4.98 Å². The molecule has 2 rings (SSSR count). The average molecular weight is 243 g/mol. The summed E-state index contributed by atoms with van der Waals surface area (Å²) in [6.07, 6.45) is 3.40. The second-order valence-corrected chi connectivity index (χ2v) is 3.90. The van der Waals surface area contributed by atoms with E-state index in [9.17, 15) is 0 Å². The summed E-state index contributed by atoms with van der Waals surface area (Å²) >= 11 is 0. The van der Waals surface area contributed by atoms with Crippen LogP contribution in [0.25, 0.3) is 0 Å². The summed E-state index contributed by atoms with van der Waals surface area (Å²) in [6.45, 7) is 4.24. The summed E-state index contributed by atoms with van der Waals surface area (Å²) in [4.78, 5) is 8.50. The van der Waals surface area contributed by atoms with E-state index < -0.39 is 0 Å². The van der Waals surface area contributed by atoms with E-state index in [-0.39, 0.29) is 0 Å². The monoisotopic (exact) mass is 243 g/mol. The van der Waals surface area contributed by atoms with Crippen LogP contribution >= 0.6 is 0 Å². The molecular weight excluding hydrogens is 226 g/mol. The van der Waals surface area contributed by atoms with Crippen molar-refractivity contribution in [3.8, 4) is 5.88 Å². The molecule has 0 unspecified atom stereocenters. The summed E-state index contributed by atoms with van der Waals surface area (Å²) in [5.41, 5.74) is 2.04. The van der Waals surface area contributed by atoms with Crippen LogP contribution in [0.4, 0.5) is 0 Å². The Kier molecular flexibility index (Phi) is 4.67. The first-order chi connectivity index (χ1) is 8.88. The highest BCUT2D eigenvalue weighted by Gasteiger charge is 1.99. The van der Waals surface area contributed by atoms with Crippen LogP contribution in [-0.4, -0.2) is 16.5 Å². The second-order valence-electron chi connectivity index (χ2n) is 3.90. The first kappa shape index (κ1) is 12.5. The molecule has 0 aliphatic rings. The summed E-state index contributed by atoms with van der Waals surface area (Å²) in [7, 11) is 0. The van der Waals surface area contributed by atoms with Crippen molar-refractivity contribution >= 4 is 0 Å². The van der Waals surface area contributed by atoms with Gasteiger partial charge in [0, 0.05) is 6.54 Å². The summed E-state index contributed by atoms with van der Waals surface area (Å²) in [5.74, 6) is 0.555. The fraction of sp³-hybridized carbons (Fsp3) is 0.286. The van der Waals surface area contributed by atoms with Crippen LogP contribution in [0.2, 0.25) is 0 Å². The molecule has 0 saturated carbocycles. The number of benzene rings is 1. The van der Waals surface area contributed by atoms with Gasteiger partial charge in [0.15, 0.2) is 0 Å². The van der Waals surface area contributed by atoms with Crippen LogP contribution in [0.5, 0.6) is 5.88 Å². The number of hydrogen-bond donors (Lipinski definition) is 1. The van der Waals surface area contributed by atoms with Crippen molar-refractivity contribution in [2.45, 2.75) is 20.1 Å². The third-order valence-corrected chi connectivity index (χ3v) is 2.47. The van der Waals surface area contributed by atoms with E-state index in [1.54, 1.807) is 12.4 Å². The molecule has 0 aliphatic heterocycles. The highest BCUT2D eigenvalue weighted by atomic mass is 16.5. The van der Waals surface area contributed by atoms with Gasteiger partial charge in [-0.2, -0.15) is 0 Å². The lowest BCUT2D eigenvalue weighted by molar-refractivity contribution is 0.292. The maximum Gasteiger partial charge on any atom is 0.232 e. The maximum atomic E-state index is 5.56.